The number of halogens is 1. The first kappa shape index (κ1) is 12.9. The maximum absolute atomic E-state index is 6.20. The fourth-order valence-electron chi connectivity index (χ4n) is 3.67. The predicted octanol–water partition coefficient (Wildman–Crippen LogP) is 5.06. The second-order valence-corrected chi connectivity index (χ2v) is 7.60. The standard InChI is InChI=1S/C17H18ClNS/c18-17-10-13-14(6-3-7-16(13)20-17)19-15-9-8-11-4-1-2-5-12(11)15/h1-2,4-5,10,14-15,19H,3,6-9H2. The maximum atomic E-state index is 6.20. The van der Waals surface area contributed by atoms with Gasteiger partial charge in [0.25, 0.3) is 0 Å². The minimum Gasteiger partial charge on any atom is -0.303 e. The third kappa shape index (κ3) is 2.20. The van der Waals surface area contributed by atoms with Crippen LogP contribution in [0.3, 0.4) is 0 Å². The van der Waals surface area contributed by atoms with Crippen molar-refractivity contribution in [1.29, 1.82) is 0 Å². The first-order valence-electron chi connectivity index (χ1n) is 7.43. The van der Waals surface area contributed by atoms with Crippen LogP contribution in [0.2, 0.25) is 4.34 Å². The first-order chi connectivity index (χ1) is 9.81. The molecule has 1 aromatic heterocycles. The Kier molecular flexibility index (Phi) is 3.33. The molecule has 1 heterocycles. The summed E-state index contributed by atoms with van der Waals surface area (Å²) in [5, 5.41) is 3.89. The van der Waals surface area contributed by atoms with Crippen molar-refractivity contribution in [2.45, 2.75) is 44.2 Å². The van der Waals surface area contributed by atoms with Crippen molar-refractivity contribution >= 4 is 22.9 Å². The van der Waals surface area contributed by atoms with Crippen LogP contribution in [0.4, 0.5) is 0 Å². The minimum atomic E-state index is 0.485. The van der Waals surface area contributed by atoms with E-state index in [9.17, 15) is 0 Å². The van der Waals surface area contributed by atoms with E-state index < -0.39 is 0 Å². The van der Waals surface area contributed by atoms with Crippen LogP contribution in [0.5, 0.6) is 0 Å². The fraction of sp³-hybridized carbons (Fsp3) is 0.412. The minimum absolute atomic E-state index is 0.485. The largest absolute Gasteiger partial charge is 0.303 e. The van der Waals surface area contributed by atoms with Gasteiger partial charge in [0.2, 0.25) is 0 Å². The van der Waals surface area contributed by atoms with E-state index in [2.05, 4.69) is 35.6 Å². The molecule has 1 nitrogen and oxygen atoms in total. The lowest BCUT2D eigenvalue weighted by Gasteiger charge is -2.27. The monoisotopic (exact) mass is 303 g/mol. The molecule has 0 radical (unpaired) electrons. The summed E-state index contributed by atoms with van der Waals surface area (Å²) < 4.78 is 0.940. The SMILES string of the molecule is Clc1cc2c(s1)CCCC2NC1CCc2ccccc21. The van der Waals surface area contributed by atoms with E-state index in [4.69, 9.17) is 11.6 Å². The van der Waals surface area contributed by atoms with Gasteiger partial charge in [0.1, 0.15) is 0 Å². The molecule has 2 aliphatic rings. The summed E-state index contributed by atoms with van der Waals surface area (Å²) in [4.78, 5) is 1.49. The van der Waals surface area contributed by atoms with Crippen molar-refractivity contribution < 1.29 is 0 Å². The molecule has 0 saturated carbocycles. The summed E-state index contributed by atoms with van der Waals surface area (Å²) in [7, 11) is 0. The van der Waals surface area contributed by atoms with Gasteiger partial charge in [-0.15, -0.1) is 11.3 Å². The molecule has 0 saturated heterocycles. The van der Waals surface area contributed by atoms with Gasteiger partial charge in [0, 0.05) is 17.0 Å². The Balaban J connectivity index is 1.59. The Labute approximate surface area is 129 Å². The van der Waals surface area contributed by atoms with Crippen LogP contribution in [0.1, 0.15) is 52.9 Å². The Morgan fingerprint density at radius 3 is 2.85 bits per heavy atom. The van der Waals surface area contributed by atoms with Gasteiger partial charge in [-0.2, -0.15) is 0 Å². The normalized spacial score (nSPS) is 24.4. The first-order valence-corrected chi connectivity index (χ1v) is 8.62. The van der Waals surface area contributed by atoms with Crippen LogP contribution >= 0.6 is 22.9 Å². The van der Waals surface area contributed by atoms with Gasteiger partial charge in [-0.1, -0.05) is 35.9 Å². The molecule has 4 rings (SSSR count). The Morgan fingerprint density at radius 1 is 1.05 bits per heavy atom. The second-order valence-electron chi connectivity index (χ2n) is 5.83. The highest BCUT2D eigenvalue weighted by molar-refractivity contribution is 7.16. The van der Waals surface area contributed by atoms with Gasteiger partial charge in [0.05, 0.1) is 4.34 Å². The number of fused-ring (bicyclic) bond motifs is 2. The molecule has 0 amide bonds. The van der Waals surface area contributed by atoms with Crippen LogP contribution in [0.25, 0.3) is 0 Å². The lowest BCUT2D eigenvalue weighted by atomic mass is 9.93. The summed E-state index contributed by atoms with van der Waals surface area (Å²) in [5.41, 5.74) is 4.47. The van der Waals surface area contributed by atoms with Crippen molar-refractivity contribution in [3.8, 4) is 0 Å². The van der Waals surface area contributed by atoms with Gasteiger partial charge >= 0.3 is 0 Å². The van der Waals surface area contributed by atoms with Crippen LogP contribution in [-0.2, 0) is 12.8 Å². The Hall–Kier alpha value is -0.830. The molecule has 104 valence electrons. The van der Waals surface area contributed by atoms with Gasteiger partial charge in [-0.3, -0.25) is 0 Å². The number of aryl methyl sites for hydroxylation is 2. The molecule has 0 fully saturated rings. The number of nitrogens with one attached hydrogen (secondary N) is 1. The number of rotatable bonds is 2. The highest BCUT2D eigenvalue weighted by Gasteiger charge is 2.28. The van der Waals surface area contributed by atoms with Crippen molar-refractivity contribution in [2.75, 3.05) is 0 Å². The molecular weight excluding hydrogens is 286 g/mol. The second kappa shape index (κ2) is 5.18. The third-order valence-electron chi connectivity index (χ3n) is 4.62. The molecule has 0 aliphatic heterocycles. The zero-order valence-electron chi connectivity index (χ0n) is 11.4. The predicted molar refractivity (Wildman–Crippen MR) is 85.6 cm³/mol. The van der Waals surface area contributed by atoms with E-state index in [0.717, 1.165) is 4.34 Å². The van der Waals surface area contributed by atoms with E-state index >= 15 is 0 Å². The number of hydrogen-bond donors (Lipinski definition) is 1. The summed E-state index contributed by atoms with van der Waals surface area (Å²) in [5.74, 6) is 0. The van der Waals surface area contributed by atoms with Crippen LogP contribution in [-0.4, -0.2) is 0 Å². The Morgan fingerprint density at radius 2 is 1.90 bits per heavy atom. The highest BCUT2D eigenvalue weighted by Crippen LogP contribution is 2.40. The highest BCUT2D eigenvalue weighted by atomic mass is 35.5. The number of benzene rings is 1. The molecule has 2 aromatic rings. The molecule has 2 atom stereocenters. The van der Waals surface area contributed by atoms with E-state index in [1.807, 2.05) is 0 Å². The average Bonchev–Trinajstić information content (AvgIpc) is 3.03. The summed E-state index contributed by atoms with van der Waals surface area (Å²) in [6.07, 6.45) is 6.14. The lowest BCUT2D eigenvalue weighted by Crippen LogP contribution is -2.27. The zero-order valence-corrected chi connectivity index (χ0v) is 12.9. The molecule has 0 bridgehead atoms. The van der Waals surface area contributed by atoms with E-state index in [-0.39, 0.29) is 0 Å². The third-order valence-corrected chi connectivity index (χ3v) is 5.96. The van der Waals surface area contributed by atoms with Crippen LogP contribution in [0, 0.1) is 0 Å². The van der Waals surface area contributed by atoms with Gasteiger partial charge in [-0.25, -0.2) is 0 Å². The van der Waals surface area contributed by atoms with E-state index in [0.29, 0.717) is 12.1 Å². The summed E-state index contributed by atoms with van der Waals surface area (Å²) in [6.45, 7) is 0. The molecule has 1 aromatic carbocycles. The van der Waals surface area contributed by atoms with E-state index in [1.54, 1.807) is 11.3 Å². The quantitative estimate of drug-likeness (QED) is 0.818. The van der Waals surface area contributed by atoms with Crippen molar-refractivity contribution in [2.24, 2.45) is 0 Å². The molecular formula is C17H18ClNS. The summed E-state index contributed by atoms with van der Waals surface area (Å²) in [6, 6.07) is 12.0. The van der Waals surface area contributed by atoms with Gasteiger partial charge in [0.15, 0.2) is 0 Å². The van der Waals surface area contributed by atoms with Crippen LogP contribution < -0.4 is 5.32 Å². The molecule has 20 heavy (non-hydrogen) atoms. The van der Waals surface area contributed by atoms with Crippen molar-refractivity contribution in [3.63, 3.8) is 0 Å². The Bertz CT molecular complexity index is 634. The van der Waals surface area contributed by atoms with Crippen LogP contribution in [0.15, 0.2) is 30.3 Å². The summed E-state index contributed by atoms with van der Waals surface area (Å²) >= 11 is 7.97. The zero-order chi connectivity index (χ0) is 13.5. The van der Waals surface area contributed by atoms with Crippen molar-refractivity contribution in [1.82, 2.24) is 5.32 Å². The molecule has 3 heteroatoms. The average molecular weight is 304 g/mol. The number of thiophene rings is 1. The molecule has 0 spiro atoms. The lowest BCUT2D eigenvalue weighted by molar-refractivity contribution is 0.401. The topological polar surface area (TPSA) is 12.0 Å². The van der Waals surface area contributed by atoms with Crippen molar-refractivity contribution in [3.05, 3.63) is 56.2 Å². The van der Waals surface area contributed by atoms with Gasteiger partial charge in [-0.05, 0) is 54.9 Å². The molecule has 1 N–H and O–H groups in total. The number of hydrogen-bond acceptors (Lipinski definition) is 2. The van der Waals surface area contributed by atoms with E-state index in [1.165, 1.54) is 53.7 Å². The fourth-order valence-corrected chi connectivity index (χ4v) is 5.05. The smallest absolute Gasteiger partial charge is 0.0934 e. The maximum Gasteiger partial charge on any atom is 0.0934 e. The van der Waals surface area contributed by atoms with Gasteiger partial charge < -0.3 is 5.32 Å². The molecule has 2 unspecified atom stereocenters. The molecule has 2 aliphatic carbocycles.